The maximum Gasteiger partial charge on any atom is 0.282 e. The van der Waals surface area contributed by atoms with Crippen LogP contribution in [0.4, 0.5) is 0 Å². The Balaban J connectivity index is 1.67. The SMILES string of the molecule is CC(=O)n1cc(C=Nn2c(C3CCCCC3)nc3ccccc3c2=O)c2ccccc21. The van der Waals surface area contributed by atoms with Crippen molar-refractivity contribution in [3.8, 4) is 0 Å². The standard InChI is InChI=1S/C25H24N4O2/c1-17(30)28-16-19(20-11-6-8-14-23(20)28)15-26-29-24(18-9-3-2-4-10-18)27-22-13-7-5-12-21(22)25(29)31/h5-8,11-16,18H,2-4,9-10H2,1H3. The van der Waals surface area contributed by atoms with Gasteiger partial charge in [-0.05, 0) is 31.0 Å². The normalized spacial score (nSPS) is 15.3. The Morgan fingerprint density at radius 3 is 2.52 bits per heavy atom. The van der Waals surface area contributed by atoms with Gasteiger partial charge in [-0.25, -0.2) is 4.98 Å². The van der Waals surface area contributed by atoms with Gasteiger partial charge in [0.15, 0.2) is 0 Å². The number of hydrogen-bond donors (Lipinski definition) is 0. The number of para-hydroxylation sites is 2. The van der Waals surface area contributed by atoms with E-state index in [2.05, 4.69) is 5.10 Å². The van der Waals surface area contributed by atoms with Gasteiger partial charge in [-0.2, -0.15) is 9.78 Å². The zero-order valence-corrected chi connectivity index (χ0v) is 17.5. The molecule has 6 nitrogen and oxygen atoms in total. The number of carbonyl (C=O) groups excluding carboxylic acids is 1. The van der Waals surface area contributed by atoms with Crippen molar-refractivity contribution >= 4 is 33.9 Å². The van der Waals surface area contributed by atoms with Gasteiger partial charge < -0.3 is 0 Å². The number of benzene rings is 2. The van der Waals surface area contributed by atoms with Crippen LogP contribution in [0.1, 0.15) is 61.1 Å². The summed E-state index contributed by atoms with van der Waals surface area (Å²) in [4.78, 5) is 30.3. The van der Waals surface area contributed by atoms with Crippen LogP contribution < -0.4 is 5.56 Å². The van der Waals surface area contributed by atoms with E-state index in [4.69, 9.17) is 4.98 Å². The van der Waals surface area contributed by atoms with Crippen molar-refractivity contribution in [2.75, 3.05) is 0 Å². The van der Waals surface area contributed by atoms with Crippen molar-refractivity contribution in [2.24, 2.45) is 5.10 Å². The van der Waals surface area contributed by atoms with Crippen molar-refractivity contribution in [2.45, 2.75) is 44.9 Å². The van der Waals surface area contributed by atoms with E-state index in [0.717, 1.165) is 48.0 Å². The minimum atomic E-state index is -0.155. The highest BCUT2D eigenvalue weighted by atomic mass is 16.1. The molecule has 1 saturated carbocycles. The molecule has 5 rings (SSSR count). The van der Waals surface area contributed by atoms with Crippen molar-refractivity contribution in [1.29, 1.82) is 0 Å². The fourth-order valence-corrected chi connectivity index (χ4v) is 4.57. The molecule has 0 saturated heterocycles. The molecule has 1 aliphatic carbocycles. The van der Waals surface area contributed by atoms with Gasteiger partial charge in [-0.1, -0.05) is 49.6 Å². The lowest BCUT2D eigenvalue weighted by atomic mass is 9.88. The first-order valence-electron chi connectivity index (χ1n) is 10.8. The van der Waals surface area contributed by atoms with Crippen LogP contribution in [0.3, 0.4) is 0 Å². The van der Waals surface area contributed by atoms with Gasteiger partial charge in [-0.15, -0.1) is 0 Å². The molecule has 0 atom stereocenters. The van der Waals surface area contributed by atoms with Crippen LogP contribution in [0, 0.1) is 0 Å². The maximum atomic E-state index is 13.3. The van der Waals surface area contributed by atoms with Crippen LogP contribution in [0.25, 0.3) is 21.8 Å². The van der Waals surface area contributed by atoms with Crippen molar-refractivity contribution < 1.29 is 4.79 Å². The molecule has 31 heavy (non-hydrogen) atoms. The van der Waals surface area contributed by atoms with E-state index in [1.807, 2.05) is 42.5 Å². The number of fused-ring (bicyclic) bond motifs is 2. The molecule has 1 aliphatic rings. The Kier molecular flexibility index (Phi) is 4.98. The Hall–Kier alpha value is -3.54. The van der Waals surface area contributed by atoms with Gasteiger partial charge in [0, 0.05) is 30.0 Å². The summed E-state index contributed by atoms with van der Waals surface area (Å²) in [6, 6.07) is 15.1. The lowest BCUT2D eigenvalue weighted by Crippen LogP contribution is -2.25. The van der Waals surface area contributed by atoms with Crippen molar-refractivity contribution in [3.05, 3.63) is 76.5 Å². The lowest BCUT2D eigenvalue weighted by Gasteiger charge is -2.22. The summed E-state index contributed by atoms with van der Waals surface area (Å²) in [5.74, 6) is 0.889. The summed E-state index contributed by atoms with van der Waals surface area (Å²) in [6.45, 7) is 1.53. The molecular formula is C25H24N4O2. The average Bonchev–Trinajstić information content (AvgIpc) is 3.18. The fraction of sp³-hybridized carbons (Fsp3) is 0.280. The van der Waals surface area contributed by atoms with E-state index in [0.29, 0.717) is 10.9 Å². The minimum absolute atomic E-state index is 0.0664. The zero-order valence-electron chi connectivity index (χ0n) is 17.5. The molecule has 2 aromatic carbocycles. The third kappa shape index (κ3) is 3.48. The second-order valence-corrected chi connectivity index (χ2v) is 8.17. The summed E-state index contributed by atoms with van der Waals surface area (Å²) in [5, 5.41) is 6.10. The minimum Gasteiger partial charge on any atom is -0.287 e. The van der Waals surface area contributed by atoms with Crippen LogP contribution in [0.2, 0.25) is 0 Å². The maximum absolute atomic E-state index is 13.3. The van der Waals surface area contributed by atoms with Gasteiger partial charge in [0.2, 0.25) is 5.91 Å². The summed E-state index contributed by atoms with van der Waals surface area (Å²) < 4.78 is 3.08. The number of nitrogens with zero attached hydrogens (tertiary/aromatic N) is 4. The summed E-state index contributed by atoms with van der Waals surface area (Å²) in [7, 11) is 0. The highest BCUT2D eigenvalue weighted by molar-refractivity contribution is 6.03. The predicted molar refractivity (Wildman–Crippen MR) is 123 cm³/mol. The highest BCUT2D eigenvalue weighted by Gasteiger charge is 2.22. The smallest absolute Gasteiger partial charge is 0.282 e. The van der Waals surface area contributed by atoms with Gasteiger partial charge in [0.1, 0.15) is 5.82 Å². The van der Waals surface area contributed by atoms with Crippen molar-refractivity contribution in [3.63, 3.8) is 0 Å². The second kappa shape index (κ2) is 7.95. The molecule has 1 fully saturated rings. The van der Waals surface area contributed by atoms with Gasteiger partial charge in [0.25, 0.3) is 5.56 Å². The molecule has 0 N–H and O–H groups in total. The molecule has 2 heterocycles. The summed E-state index contributed by atoms with van der Waals surface area (Å²) >= 11 is 0. The van der Waals surface area contributed by atoms with E-state index in [9.17, 15) is 9.59 Å². The molecule has 2 aromatic heterocycles. The first-order valence-corrected chi connectivity index (χ1v) is 10.8. The predicted octanol–water partition coefficient (Wildman–Crippen LogP) is 4.94. The third-order valence-corrected chi connectivity index (χ3v) is 6.14. The molecule has 0 unspecified atom stereocenters. The van der Waals surface area contributed by atoms with E-state index in [1.165, 1.54) is 18.0 Å². The van der Waals surface area contributed by atoms with Crippen LogP contribution >= 0.6 is 0 Å². The summed E-state index contributed by atoms with van der Waals surface area (Å²) in [6.07, 6.45) is 8.99. The quantitative estimate of drug-likeness (QED) is 0.448. The Labute approximate surface area is 179 Å². The highest BCUT2D eigenvalue weighted by Crippen LogP contribution is 2.31. The topological polar surface area (TPSA) is 69.2 Å². The molecule has 0 bridgehead atoms. The second-order valence-electron chi connectivity index (χ2n) is 8.17. The molecule has 0 spiro atoms. The van der Waals surface area contributed by atoms with Crippen LogP contribution in [-0.2, 0) is 0 Å². The fourth-order valence-electron chi connectivity index (χ4n) is 4.57. The van der Waals surface area contributed by atoms with Crippen LogP contribution in [0.15, 0.2) is 64.6 Å². The Morgan fingerprint density at radius 2 is 1.74 bits per heavy atom. The molecule has 0 aliphatic heterocycles. The molecule has 4 aromatic rings. The van der Waals surface area contributed by atoms with Gasteiger partial charge in [0.05, 0.1) is 22.6 Å². The molecule has 6 heteroatoms. The van der Waals surface area contributed by atoms with Crippen LogP contribution in [-0.4, -0.2) is 26.3 Å². The number of rotatable bonds is 3. The van der Waals surface area contributed by atoms with E-state index in [-0.39, 0.29) is 17.4 Å². The number of hydrogen-bond acceptors (Lipinski definition) is 4. The average molecular weight is 412 g/mol. The van der Waals surface area contributed by atoms with Crippen molar-refractivity contribution in [1.82, 2.24) is 14.2 Å². The number of aromatic nitrogens is 3. The van der Waals surface area contributed by atoms with Gasteiger partial charge >= 0.3 is 0 Å². The molecular weight excluding hydrogens is 388 g/mol. The third-order valence-electron chi connectivity index (χ3n) is 6.14. The Bertz CT molecular complexity index is 1370. The largest absolute Gasteiger partial charge is 0.287 e. The molecule has 156 valence electrons. The summed E-state index contributed by atoms with van der Waals surface area (Å²) in [5.41, 5.74) is 2.18. The van der Waals surface area contributed by atoms with Crippen LogP contribution in [0.5, 0.6) is 0 Å². The Morgan fingerprint density at radius 1 is 1.03 bits per heavy atom. The lowest BCUT2D eigenvalue weighted by molar-refractivity contribution is 0.0941. The van der Waals surface area contributed by atoms with E-state index < -0.39 is 0 Å². The molecule has 0 radical (unpaired) electrons. The van der Waals surface area contributed by atoms with E-state index >= 15 is 0 Å². The first-order chi connectivity index (χ1) is 15.1. The molecule has 0 amide bonds. The van der Waals surface area contributed by atoms with E-state index in [1.54, 1.807) is 23.0 Å². The first kappa shape index (κ1) is 19.4. The zero-order chi connectivity index (χ0) is 21.4. The van der Waals surface area contributed by atoms with Gasteiger partial charge in [-0.3, -0.25) is 14.2 Å². The monoisotopic (exact) mass is 412 g/mol. The number of carbonyl (C=O) groups is 1.